The molecule has 1 aromatic carbocycles. The van der Waals surface area contributed by atoms with Crippen LogP contribution in [0.1, 0.15) is 62.4 Å². The highest BCUT2D eigenvalue weighted by Crippen LogP contribution is 2.36. The van der Waals surface area contributed by atoms with Crippen LogP contribution in [0.3, 0.4) is 0 Å². The van der Waals surface area contributed by atoms with Gasteiger partial charge < -0.3 is 5.32 Å². The Morgan fingerprint density at radius 2 is 1.79 bits per heavy atom. The van der Waals surface area contributed by atoms with Crippen LogP contribution in [0.4, 0.5) is 0 Å². The summed E-state index contributed by atoms with van der Waals surface area (Å²) in [4.78, 5) is 21.9. The third kappa shape index (κ3) is 4.53. The van der Waals surface area contributed by atoms with Crippen LogP contribution in [0.5, 0.6) is 0 Å². The van der Waals surface area contributed by atoms with Crippen molar-refractivity contribution in [2.45, 2.75) is 51.0 Å². The van der Waals surface area contributed by atoms with Crippen LogP contribution in [0.2, 0.25) is 0 Å². The zero-order valence-corrected chi connectivity index (χ0v) is 16.7. The molecule has 1 amide bonds. The van der Waals surface area contributed by atoms with E-state index in [1.165, 1.54) is 19.3 Å². The number of benzene rings is 1. The van der Waals surface area contributed by atoms with Gasteiger partial charge in [0.2, 0.25) is 5.91 Å². The second kappa shape index (κ2) is 8.99. The van der Waals surface area contributed by atoms with E-state index in [9.17, 15) is 4.79 Å². The Balaban J connectivity index is 1.50. The summed E-state index contributed by atoms with van der Waals surface area (Å²) in [6.45, 7) is 1.94. The van der Waals surface area contributed by atoms with E-state index >= 15 is 0 Å². The van der Waals surface area contributed by atoms with Gasteiger partial charge in [0.05, 0.1) is 12.0 Å². The molecule has 6 heteroatoms. The second-order valence-corrected chi connectivity index (χ2v) is 7.80. The topological polar surface area (TPSA) is 83.6 Å². The highest BCUT2D eigenvalue weighted by molar-refractivity contribution is 5.84. The van der Waals surface area contributed by atoms with Crippen LogP contribution in [-0.2, 0) is 4.79 Å². The van der Waals surface area contributed by atoms with Crippen molar-refractivity contribution >= 4 is 5.91 Å². The van der Waals surface area contributed by atoms with Crippen LogP contribution in [0, 0.1) is 5.92 Å². The van der Waals surface area contributed by atoms with Gasteiger partial charge in [-0.25, -0.2) is 4.98 Å². The first-order valence-electron chi connectivity index (χ1n) is 10.4. The number of carbonyl (C=O) groups excluding carboxylic acids is 1. The van der Waals surface area contributed by atoms with Crippen molar-refractivity contribution in [1.29, 1.82) is 0 Å². The molecule has 1 aliphatic rings. The summed E-state index contributed by atoms with van der Waals surface area (Å²) in [6, 6.07) is 13.6. The number of nitrogens with one attached hydrogen (secondary N) is 2. The molecular weight excluding hydrogens is 362 g/mol. The maximum atomic E-state index is 13.3. The zero-order valence-electron chi connectivity index (χ0n) is 16.7. The molecule has 2 aromatic heterocycles. The predicted octanol–water partition coefficient (Wildman–Crippen LogP) is 4.41. The Labute approximate surface area is 171 Å². The van der Waals surface area contributed by atoms with Gasteiger partial charge in [0.1, 0.15) is 5.82 Å². The van der Waals surface area contributed by atoms with Crippen molar-refractivity contribution in [2.24, 2.45) is 5.92 Å². The first kappa shape index (κ1) is 19.3. The molecule has 2 heterocycles. The summed E-state index contributed by atoms with van der Waals surface area (Å²) in [5.41, 5.74) is 1.99. The molecule has 150 valence electrons. The van der Waals surface area contributed by atoms with Crippen molar-refractivity contribution in [3.8, 4) is 11.4 Å². The van der Waals surface area contributed by atoms with E-state index in [-0.39, 0.29) is 17.9 Å². The first-order chi connectivity index (χ1) is 14.2. The number of pyridine rings is 1. The van der Waals surface area contributed by atoms with Gasteiger partial charge in [0, 0.05) is 18.0 Å². The normalized spacial score (nSPS) is 16.9. The molecule has 0 aliphatic heterocycles. The summed E-state index contributed by atoms with van der Waals surface area (Å²) >= 11 is 0. The standard InChI is InChI=1S/C23H27N5O/c1-16(21-26-22(28-27-21)19-12-14-24-15-13-19)25-23(29)20(17-8-4-2-5-9-17)18-10-6-3-7-11-18/h2,4-5,8-9,12-16,18,20H,3,6-7,10-11H2,1H3,(H,25,29)(H,26,27,28)/t16-,20+/m1/s1. The fourth-order valence-corrected chi connectivity index (χ4v) is 4.24. The van der Waals surface area contributed by atoms with E-state index in [4.69, 9.17) is 0 Å². The number of hydrogen-bond acceptors (Lipinski definition) is 4. The molecule has 0 bridgehead atoms. The van der Waals surface area contributed by atoms with Crippen LogP contribution in [0.25, 0.3) is 11.4 Å². The van der Waals surface area contributed by atoms with Gasteiger partial charge in [0.25, 0.3) is 0 Å². The van der Waals surface area contributed by atoms with Crippen molar-refractivity contribution < 1.29 is 4.79 Å². The minimum atomic E-state index is -0.250. The number of nitrogens with zero attached hydrogens (tertiary/aromatic N) is 3. The molecule has 2 atom stereocenters. The highest BCUT2D eigenvalue weighted by atomic mass is 16.2. The van der Waals surface area contributed by atoms with E-state index < -0.39 is 0 Å². The summed E-state index contributed by atoms with van der Waals surface area (Å²) in [6.07, 6.45) is 9.32. The van der Waals surface area contributed by atoms with E-state index in [1.54, 1.807) is 12.4 Å². The number of aromatic nitrogens is 4. The van der Waals surface area contributed by atoms with Gasteiger partial charge in [-0.3, -0.25) is 14.9 Å². The number of carbonyl (C=O) groups is 1. The number of rotatable bonds is 6. The molecule has 0 unspecified atom stereocenters. The molecule has 1 saturated carbocycles. The molecule has 29 heavy (non-hydrogen) atoms. The summed E-state index contributed by atoms with van der Waals surface area (Å²) in [7, 11) is 0. The number of hydrogen-bond donors (Lipinski definition) is 2. The fraction of sp³-hybridized carbons (Fsp3) is 0.391. The number of H-pyrrole nitrogens is 1. The summed E-state index contributed by atoms with van der Waals surface area (Å²) in [5, 5.41) is 10.4. The number of amides is 1. The van der Waals surface area contributed by atoms with Crippen molar-refractivity contribution in [3.63, 3.8) is 0 Å². The molecule has 1 aliphatic carbocycles. The first-order valence-corrected chi connectivity index (χ1v) is 10.4. The van der Waals surface area contributed by atoms with E-state index in [1.807, 2.05) is 37.3 Å². The monoisotopic (exact) mass is 389 g/mol. The van der Waals surface area contributed by atoms with Gasteiger partial charge in [-0.15, -0.1) is 0 Å². The van der Waals surface area contributed by atoms with Crippen LogP contribution in [0.15, 0.2) is 54.9 Å². The Morgan fingerprint density at radius 1 is 1.07 bits per heavy atom. The van der Waals surface area contributed by atoms with Gasteiger partial charge >= 0.3 is 0 Å². The van der Waals surface area contributed by atoms with Crippen molar-refractivity contribution in [1.82, 2.24) is 25.5 Å². The Morgan fingerprint density at radius 3 is 2.52 bits per heavy atom. The predicted molar refractivity (Wildman–Crippen MR) is 112 cm³/mol. The Bertz CT molecular complexity index is 919. The SMILES string of the molecule is C[C@@H](NC(=O)[C@@H](c1ccccc1)C1CCCCC1)c1nc(-c2ccncc2)n[nH]1. The molecule has 3 aromatic rings. The van der Waals surface area contributed by atoms with Gasteiger partial charge in [-0.2, -0.15) is 5.10 Å². The van der Waals surface area contributed by atoms with E-state index in [0.717, 1.165) is 24.0 Å². The van der Waals surface area contributed by atoms with Crippen molar-refractivity contribution in [3.05, 3.63) is 66.2 Å². The van der Waals surface area contributed by atoms with Crippen molar-refractivity contribution in [2.75, 3.05) is 0 Å². The smallest absolute Gasteiger partial charge is 0.228 e. The largest absolute Gasteiger partial charge is 0.346 e. The lowest BCUT2D eigenvalue weighted by atomic mass is 9.76. The molecule has 0 radical (unpaired) electrons. The van der Waals surface area contributed by atoms with Gasteiger partial charge in [0.15, 0.2) is 5.82 Å². The lowest BCUT2D eigenvalue weighted by molar-refractivity contribution is -0.124. The van der Waals surface area contributed by atoms with Crippen LogP contribution < -0.4 is 5.32 Å². The quantitative estimate of drug-likeness (QED) is 0.654. The molecule has 0 saturated heterocycles. The molecule has 6 nitrogen and oxygen atoms in total. The molecule has 2 N–H and O–H groups in total. The maximum absolute atomic E-state index is 13.3. The third-order valence-electron chi connectivity index (χ3n) is 5.77. The van der Waals surface area contributed by atoms with E-state index in [0.29, 0.717) is 17.6 Å². The minimum absolute atomic E-state index is 0.0671. The average molecular weight is 390 g/mol. The Hall–Kier alpha value is -3.02. The summed E-state index contributed by atoms with van der Waals surface area (Å²) < 4.78 is 0. The Kier molecular flexibility index (Phi) is 5.98. The van der Waals surface area contributed by atoms with Crippen LogP contribution >= 0.6 is 0 Å². The second-order valence-electron chi connectivity index (χ2n) is 7.80. The maximum Gasteiger partial charge on any atom is 0.228 e. The van der Waals surface area contributed by atoms with Gasteiger partial charge in [-0.05, 0) is 43.4 Å². The highest BCUT2D eigenvalue weighted by Gasteiger charge is 2.32. The number of aromatic amines is 1. The van der Waals surface area contributed by atoms with Crippen LogP contribution in [-0.4, -0.2) is 26.1 Å². The molecule has 4 rings (SSSR count). The lowest BCUT2D eigenvalue weighted by Crippen LogP contribution is -2.36. The average Bonchev–Trinajstić information content (AvgIpc) is 3.27. The third-order valence-corrected chi connectivity index (χ3v) is 5.77. The van der Waals surface area contributed by atoms with E-state index in [2.05, 4.69) is 37.6 Å². The fourth-order valence-electron chi connectivity index (χ4n) is 4.24. The lowest BCUT2D eigenvalue weighted by Gasteiger charge is -2.30. The zero-order chi connectivity index (χ0) is 20.1. The molecule has 0 spiro atoms. The molecule has 1 fully saturated rings. The molecular formula is C23H27N5O. The summed E-state index contributed by atoms with van der Waals surface area (Å²) in [5.74, 6) is 1.59. The minimum Gasteiger partial charge on any atom is -0.346 e. The van der Waals surface area contributed by atoms with Gasteiger partial charge in [-0.1, -0.05) is 49.6 Å².